The first-order valence-corrected chi connectivity index (χ1v) is 8.73. The Morgan fingerprint density at radius 3 is 2.79 bits per heavy atom. The van der Waals surface area contributed by atoms with E-state index in [1.807, 2.05) is 18.2 Å². The van der Waals surface area contributed by atoms with Gasteiger partial charge in [0.2, 0.25) is 0 Å². The first kappa shape index (κ1) is 15.6. The fraction of sp³-hybridized carbons (Fsp3) is 0.286. The molecule has 0 saturated carbocycles. The summed E-state index contributed by atoms with van der Waals surface area (Å²) in [6.45, 7) is 3.04. The molecule has 1 aromatic heterocycles. The van der Waals surface area contributed by atoms with Gasteiger partial charge in [-0.15, -0.1) is 11.3 Å². The molecule has 1 aromatic carbocycles. The van der Waals surface area contributed by atoms with Crippen LogP contribution in [0.4, 0.5) is 0 Å². The molecule has 1 nitrogen and oxygen atoms in total. The minimum atomic E-state index is 0.278. The predicted octanol–water partition coefficient (Wildman–Crippen LogP) is 5.55. The molecule has 0 saturated heterocycles. The highest BCUT2D eigenvalue weighted by Gasteiger charge is 2.15. The molecule has 5 heteroatoms. The number of hydrogen-bond donors (Lipinski definition) is 1. The number of thiophene rings is 1. The van der Waals surface area contributed by atoms with Gasteiger partial charge in [0, 0.05) is 6.04 Å². The second-order valence-corrected chi connectivity index (χ2v) is 7.80. The molecule has 19 heavy (non-hydrogen) atoms. The van der Waals surface area contributed by atoms with Gasteiger partial charge in [0.1, 0.15) is 0 Å². The van der Waals surface area contributed by atoms with E-state index in [0.717, 1.165) is 18.5 Å². The first-order valence-electron chi connectivity index (χ1n) is 6.02. The highest BCUT2D eigenvalue weighted by Crippen LogP contribution is 2.30. The van der Waals surface area contributed by atoms with E-state index in [2.05, 4.69) is 46.3 Å². The standard InChI is InChI=1S/C14H14Cl2INS/c1-2-18-12(10-7-13(17)19-8-10)6-9-4-3-5-11(15)14(9)16/h3-5,7-8,12,18H,2,6H2,1H3. The molecule has 0 spiro atoms. The molecular formula is C14H14Cl2INS. The van der Waals surface area contributed by atoms with E-state index in [9.17, 15) is 0 Å². The number of nitrogens with one attached hydrogen (secondary N) is 1. The van der Waals surface area contributed by atoms with Crippen LogP contribution in [0.15, 0.2) is 29.6 Å². The van der Waals surface area contributed by atoms with E-state index in [1.54, 1.807) is 11.3 Å². The molecule has 1 unspecified atom stereocenters. The van der Waals surface area contributed by atoms with Crippen molar-refractivity contribution in [3.05, 3.63) is 53.7 Å². The zero-order chi connectivity index (χ0) is 13.8. The number of halogens is 3. The highest BCUT2D eigenvalue weighted by atomic mass is 127. The largest absolute Gasteiger partial charge is 0.310 e. The van der Waals surface area contributed by atoms with Crippen LogP contribution < -0.4 is 5.32 Å². The lowest BCUT2D eigenvalue weighted by Crippen LogP contribution is -2.22. The van der Waals surface area contributed by atoms with E-state index in [-0.39, 0.29) is 6.04 Å². The highest BCUT2D eigenvalue weighted by molar-refractivity contribution is 14.1. The Bertz CT molecular complexity index is 556. The van der Waals surface area contributed by atoms with Crippen molar-refractivity contribution in [2.24, 2.45) is 0 Å². The molecule has 0 aliphatic rings. The third-order valence-electron chi connectivity index (χ3n) is 2.90. The molecule has 0 bridgehead atoms. The van der Waals surface area contributed by atoms with Crippen LogP contribution in [-0.2, 0) is 6.42 Å². The Hall–Kier alpha value is 0.190. The summed E-state index contributed by atoms with van der Waals surface area (Å²) < 4.78 is 1.30. The molecule has 0 amide bonds. The summed E-state index contributed by atoms with van der Waals surface area (Å²) >= 11 is 16.5. The molecule has 2 aromatic rings. The summed E-state index contributed by atoms with van der Waals surface area (Å²) in [6, 6.07) is 8.31. The van der Waals surface area contributed by atoms with Crippen LogP contribution in [0, 0.1) is 2.88 Å². The summed E-state index contributed by atoms with van der Waals surface area (Å²) in [7, 11) is 0. The predicted molar refractivity (Wildman–Crippen MR) is 93.6 cm³/mol. The summed E-state index contributed by atoms with van der Waals surface area (Å²) in [5.41, 5.74) is 2.40. The zero-order valence-corrected chi connectivity index (χ0v) is 14.9. The van der Waals surface area contributed by atoms with Gasteiger partial charge >= 0.3 is 0 Å². The summed E-state index contributed by atoms with van der Waals surface area (Å²) in [4.78, 5) is 0. The van der Waals surface area contributed by atoms with Gasteiger partial charge in [-0.1, -0.05) is 42.3 Å². The van der Waals surface area contributed by atoms with Crippen LogP contribution in [0.3, 0.4) is 0 Å². The monoisotopic (exact) mass is 425 g/mol. The smallest absolute Gasteiger partial charge is 0.0656 e. The van der Waals surface area contributed by atoms with Gasteiger partial charge in [0.25, 0.3) is 0 Å². The van der Waals surface area contributed by atoms with Crippen LogP contribution >= 0.6 is 57.1 Å². The average Bonchev–Trinajstić information content (AvgIpc) is 2.81. The maximum Gasteiger partial charge on any atom is 0.0656 e. The Morgan fingerprint density at radius 1 is 1.37 bits per heavy atom. The molecule has 0 aliphatic carbocycles. The van der Waals surface area contributed by atoms with Crippen molar-refractivity contribution in [1.29, 1.82) is 0 Å². The summed E-state index contributed by atoms with van der Waals surface area (Å²) in [5.74, 6) is 0. The minimum absolute atomic E-state index is 0.278. The van der Waals surface area contributed by atoms with E-state index < -0.39 is 0 Å². The quantitative estimate of drug-likeness (QED) is 0.619. The Kier molecular flexibility index (Phi) is 5.96. The van der Waals surface area contributed by atoms with E-state index in [4.69, 9.17) is 23.2 Å². The van der Waals surface area contributed by atoms with E-state index in [1.165, 1.54) is 8.45 Å². The minimum Gasteiger partial charge on any atom is -0.310 e. The molecule has 0 radical (unpaired) electrons. The molecule has 0 aliphatic heterocycles. The van der Waals surface area contributed by atoms with Crippen LogP contribution in [0.2, 0.25) is 10.0 Å². The van der Waals surface area contributed by atoms with Crippen LogP contribution in [0.25, 0.3) is 0 Å². The second kappa shape index (κ2) is 7.27. The second-order valence-electron chi connectivity index (χ2n) is 4.21. The Balaban J connectivity index is 2.23. The van der Waals surface area contributed by atoms with Crippen molar-refractivity contribution in [3.8, 4) is 0 Å². The maximum atomic E-state index is 6.27. The zero-order valence-electron chi connectivity index (χ0n) is 10.4. The third kappa shape index (κ3) is 4.08. The molecule has 0 fully saturated rings. The van der Waals surface area contributed by atoms with Crippen molar-refractivity contribution in [2.45, 2.75) is 19.4 Å². The van der Waals surface area contributed by atoms with Crippen molar-refractivity contribution >= 4 is 57.1 Å². The normalized spacial score (nSPS) is 12.6. The molecule has 1 atom stereocenters. The molecule has 102 valence electrons. The van der Waals surface area contributed by atoms with Gasteiger partial charge in [-0.25, -0.2) is 0 Å². The first-order chi connectivity index (χ1) is 9.11. The lowest BCUT2D eigenvalue weighted by molar-refractivity contribution is 0.551. The SMILES string of the molecule is CCNC(Cc1cccc(Cl)c1Cl)c1csc(I)c1. The van der Waals surface area contributed by atoms with Gasteiger partial charge in [-0.05, 0) is 64.2 Å². The van der Waals surface area contributed by atoms with Crippen LogP contribution in [0.1, 0.15) is 24.1 Å². The van der Waals surface area contributed by atoms with Crippen molar-refractivity contribution in [1.82, 2.24) is 5.32 Å². The van der Waals surface area contributed by atoms with E-state index >= 15 is 0 Å². The van der Waals surface area contributed by atoms with Crippen LogP contribution in [0.5, 0.6) is 0 Å². The molecule has 1 N–H and O–H groups in total. The topological polar surface area (TPSA) is 12.0 Å². The van der Waals surface area contributed by atoms with Crippen molar-refractivity contribution in [3.63, 3.8) is 0 Å². The number of benzene rings is 1. The lowest BCUT2D eigenvalue weighted by Gasteiger charge is -2.18. The summed E-state index contributed by atoms with van der Waals surface area (Å²) in [5, 5.41) is 6.99. The number of hydrogen-bond acceptors (Lipinski definition) is 2. The molecular weight excluding hydrogens is 412 g/mol. The van der Waals surface area contributed by atoms with Gasteiger partial charge in [0.15, 0.2) is 0 Å². The number of likely N-dealkylation sites (N-methyl/N-ethyl adjacent to an activating group) is 1. The van der Waals surface area contributed by atoms with Crippen LogP contribution in [-0.4, -0.2) is 6.54 Å². The number of rotatable bonds is 5. The van der Waals surface area contributed by atoms with Gasteiger partial charge in [0.05, 0.1) is 12.9 Å². The average molecular weight is 426 g/mol. The van der Waals surface area contributed by atoms with Crippen molar-refractivity contribution < 1.29 is 0 Å². The fourth-order valence-corrected chi connectivity index (χ4v) is 3.81. The molecule has 1 heterocycles. The fourth-order valence-electron chi connectivity index (χ4n) is 1.99. The molecule has 2 rings (SSSR count). The Morgan fingerprint density at radius 2 is 2.16 bits per heavy atom. The lowest BCUT2D eigenvalue weighted by atomic mass is 10.0. The Labute approximate surface area is 141 Å². The van der Waals surface area contributed by atoms with Gasteiger partial charge < -0.3 is 5.32 Å². The van der Waals surface area contributed by atoms with E-state index in [0.29, 0.717) is 10.0 Å². The maximum absolute atomic E-state index is 6.27. The third-order valence-corrected chi connectivity index (χ3v) is 5.56. The van der Waals surface area contributed by atoms with Gasteiger partial charge in [-0.3, -0.25) is 0 Å². The van der Waals surface area contributed by atoms with Gasteiger partial charge in [-0.2, -0.15) is 0 Å². The van der Waals surface area contributed by atoms with Crippen molar-refractivity contribution in [2.75, 3.05) is 6.54 Å². The summed E-state index contributed by atoms with van der Waals surface area (Å²) in [6.07, 6.45) is 0.847.